The van der Waals surface area contributed by atoms with Gasteiger partial charge in [-0.2, -0.15) is 5.10 Å². The van der Waals surface area contributed by atoms with Gasteiger partial charge >= 0.3 is 0 Å². The lowest BCUT2D eigenvalue weighted by Gasteiger charge is -2.08. The molecular weight excluding hydrogens is 250 g/mol. The molecule has 1 heterocycles. The van der Waals surface area contributed by atoms with E-state index in [9.17, 15) is 0 Å². The van der Waals surface area contributed by atoms with Gasteiger partial charge in [-0.15, -0.1) is 0 Å². The molecule has 2 aromatic rings. The van der Waals surface area contributed by atoms with Crippen LogP contribution in [0.4, 0.5) is 5.69 Å². The lowest BCUT2D eigenvalue weighted by atomic mass is 10.1. The van der Waals surface area contributed by atoms with Crippen LogP contribution in [0.2, 0.25) is 0 Å². The first-order valence-corrected chi connectivity index (χ1v) is 6.67. The highest BCUT2D eigenvalue weighted by atomic mass is 15.3. The molecule has 0 aliphatic rings. The molecule has 106 valence electrons. The van der Waals surface area contributed by atoms with Crippen LogP contribution in [-0.2, 0) is 6.54 Å². The Bertz CT molecular complexity index is 592. The molecule has 0 spiro atoms. The molecule has 0 amide bonds. The number of guanidine groups is 1. The van der Waals surface area contributed by atoms with E-state index in [-0.39, 0.29) is 0 Å². The molecule has 1 aromatic carbocycles. The highest BCUT2D eigenvalue weighted by Crippen LogP contribution is 2.13. The molecular formula is C15H21N5. The summed E-state index contributed by atoms with van der Waals surface area (Å²) in [5.74, 6) is 0.430. The predicted octanol–water partition coefficient (Wildman–Crippen LogP) is 2.24. The number of aliphatic imine (C=N–C) groups is 1. The second kappa shape index (κ2) is 6.23. The average Bonchev–Trinajstić information content (AvgIpc) is 2.73. The molecule has 0 aliphatic carbocycles. The van der Waals surface area contributed by atoms with Crippen LogP contribution in [0, 0.1) is 20.8 Å². The first-order chi connectivity index (χ1) is 9.52. The molecule has 0 saturated carbocycles. The van der Waals surface area contributed by atoms with Gasteiger partial charge in [0.1, 0.15) is 0 Å². The van der Waals surface area contributed by atoms with Gasteiger partial charge in [0.15, 0.2) is 5.96 Å². The van der Waals surface area contributed by atoms with Gasteiger partial charge in [-0.05, 0) is 49.6 Å². The molecule has 1 aromatic heterocycles. The van der Waals surface area contributed by atoms with Crippen LogP contribution < -0.4 is 11.1 Å². The number of hydrogen-bond acceptors (Lipinski definition) is 2. The Hall–Kier alpha value is -2.30. The summed E-state index contributed by atoms with van der Waals surface area (Å²) in [7, 11) is 0. The fourth-order valence-corrected chi connectivity index (χ4v) is 2.10. The van der Waals surface area contributed by atoms with E-state index in [1.54, 1.807) is 0 Å². The minimum absolute atomic E-state index is 0.430. The molecule has 0 bridgehead atoms. The zero-order valence-corrected chi connectivity index (χ0v) is 12.2. The predicted molar refractivity (Wildman–Crippen MR) is 83.0 cm³/mol. The van der Waals surface area contributed by atoms with E-state index in [1.807, 2.05) is 36.1 Å². The van der Waals surface area contributed by atoms with Gasteiger partial charge in [-0.3, -0.25) is 9.67 Å². The monoisotopic (exact) mass is 271 g/mol. The van der Waals surface area contributed by atoms with E-state index >= 15 is 0 Å². The molecule has 0 aliphatic heterocycles. The van der Waals surface area contributed by atoms with Crippen LogP contribution in [0.5, 0.6) is 0 Å². The highest BCUT2D eigenvalue weighted by molar-refractivity contribution is 5.92. The van der Waals surface area contributed by atoms with E-state index in [1.165, 1.54) is 11.1 Å². The maximum absolute atomic E-state index is 5.88. The quantitative estimate of drug-likeness (QED) is 0.662. The van der Waals surface area contributed by atoms with Crippen LogP contribution in [0.1, 0.15) is 16.7 Å². The molecule has 20 heavy (non-hydrogen) atoms. The second-order valence-electron chi connectivity index (χ2n) is 5.05. The normalized spacial score (nSPS) is 11.7. The summed E-state index contributed by atoms with van der Waals surface area (Å²) in [5.41, 5.74) is 10.4. The molecule has 3 N–H and O–H groups in total. The van der Waals surface area contributed by atoms with E-state index < -0.39 is 0 Å². The zero-order chi connectivity index (χ0) is 14.5. The maximum atomic E-state index is 5.88. The summed E-state index contributed by atoms with van der Waals surface area (Å²) in [5, 5.41) is 7.32. The van der Waals surface area contributed by atoms with Crippen molar-refractivity contribution in [3.63, 3.8) is 0 Å². The van der Waals surface area contributed by atoms with Crippen molar-refractivity contribution in [2.45, 2.75) is 27.3 Å². The van der Waals surface area contributed by atoms with Crippen LogP contribution in [0.15, 0.2) is 35.6 Å². The van der Waals surface area contributed by atoms with E-state index in [0.717, 1.165) is 17.8 Å². The average molecular weight is 271 g/mol. The third kappa shape index (κ3) is 4.12. The topological polar surface area (TPSA) is 68.2 Å². The maximum Gasteiger partial charge on any atom is 0.193 e. The third-order valence-corrected chi connectivity index (χ3v) is 2.87. The number of aryl methyl sites for hydroxylation is 3. The molecule has 2 rings (SSSR count). The molecule has 0 fully saturated rings. The Labute approximate surface area is 119 Å². The number of nitrogens with two attached hydrogens (primary N) is 1. The first-order valence-electron chi connectivity index (χ1n) is 6.67. The summed E-state index contributed by atoms with van der Waals surface area (Å²) >= 11 is 0. The SMILES string of the molecule is Cc1cc(C)cc(NC(N)=NCCn2cc(C)cn2)c1. The van der Waals surface area contributed by atoms with Crippen molar-refractivity contribution in [3.05, 3.63) is 47.3 Å². The van der Waals surface area contributed by atoms with Gasteiger partial charge in [-0.25, -0.2) is 0 Å². The number of nitrogens with zero attached hydrogens (tertiary/aromatic N) is 3. The lowest BCUT2D eigenvalue weighted by Crippen LogP contribution is -2.23. The number of anilines is 1. The number of aromatic nitrogens is 2. The minimum atomic E-state index is 0.430. The number of nitrogens with one attached hydrogen (secondary N) is 1. The fourth-order valence-electron chi connectivity index (χ4n) is 2.10. The largest absolute Gasteiger partial charge is 0.370 e. The Morgan fingerprint density at radius 3 is 2.50 bits per heavy atom. The van der Waals surface area contributed by atoms with E-state index in [2.05, 4.69) is 35.3 Å². The summed E-state index contributed by atoms with van der Waals surface area (Å²) < 4.78 is 1.86. The summed E-state index contributed by atoms with van der Waals surface area (Å²) in [6, 6.07) is 6.22. The Morgan fingerprint density at radius 1 is 1.20 bits per heavy atom. The smallest absolute Gasteiger partial charge is 0.193 e. The van der Waals surface area contributed by atoms with Crippen molar-refractivity contribution < 1.29 is 0 Å². The van der Waals surface area contributed by atoms with Crippen LogP contribution >= 0.6 is 0 Å². The molecule has 0 radical (unpaired) electrons. The Balaban J connectivity index is 1.90. The van der Waals surface area contributed by atoms with Crippen LogP contribution in [0.3, 0.4) is 0 Å². The molecule has 5 heteroatoms. The van der Waals surface area contributed by atoms with Gasteiger partial charge < -0.3 is 11.1 Å². The van der Waals surface area contributed by atoms with Crippen molar-refractivity contribution in [3.8, 4) is 0 Å². The molecule has 5 nitrogen and oxygen atoms in total. The Kier molecular flexibility index (Phi) is 4.40. The van der Waals surface area contributed by atoms with E-state index in [4.69, 9.17) is 5.73 Å². The van der Waals surface area contributed by atoms with Gasteiger partial charge in [0.25, 0.3) is 0 Å². The Morgan fingerprint density at radius 2 is 1.90 bits per heavy atom. The summed E-state index contributed by atoms with van der Waals surface area (Å²) in [6.07, 6.45) is 3.82. The second-order valence-corrected chi connectivity index (χ2v) is 5.05. The highest BCUT2D eigenvalue weighted by Gasteiger charge is 1.98. The number of hydrogen-bond donors (Lipinski definition) is 2. The van der Waals surface area contributed by atoms with Crippen molar-refractivity contribution in [2.24, 2.45) is 10.7 Å². The van der Waals surface area contributed by atoms with Gasteiger partial charge in [0, 0.05) is 11.9 Å². The minimum Gasteiger partial charge on any atom is -0.370 e. The summed E-state index contributed by atoms with van der Waals surface area (Å²) in [6.45, 7) is 7.47. The van der Waals surface area contributed by atoms with Crippen LogP contribution in [-0.4, -0.2) is 22.3 Å². The van der Waals surface area contributed by atoms with Crippen molar-refractivity contribution >= 4 is 11.6 Å². The number of rotatable bonds is 4. The standard InChI is InChI=1S/C15H21N5/c1-11-6-12(2)8-14(7-11)19-15(16)17-4-5-20-10-13(3)9-18-20/h6-10H,4-5H2,1-3H3,(H3,16,17,19). The third-order valence-electron chi connectivity index (χ3n) is 2.87. The van der Waals surface area contributed by atoms with Crippen molar-refractivity contribution in [1.29, 1.82) is 0 Å². The summed E-state index contributed by atoms with van der Waals surface area (Å²) in [4.78, 5) is 4.31. The molecule has 0 atom stereocenters. The van der Waals surface area contributed by atoms with Gasteiger partial charge in [-0.1, -0.05) is 6.07 Å². The van der Waals surface area contributed by atoms with Crippen molar-refractivity contribution in [1.82, 2.24) is 9.78 Å². The van der Waals surface area contributed by atoms with Gasteiger partial charge in [0.05, 0.1) is 19.3 Å². The lowest BCUT2D eigenvalue weighted by molar-refractivity contribution is 0.625. The van der Waals surface area contributed by atoms with Crippen molar-refractivity contribution in [2.75, 3.05) is 11.9 Å². The van der Waals surface area contributed by atoms with Gasteiger partial charge in [0.2, 0.25) is 0 Å². The zero-order valence-electron chi connectivity index (χ0n) is 12.2. The molecule has 0 saturated heterocycles. The van der Waals surface area contributed by atoms with E-state index in [0.29, 0.717) is 12.5 Å². The number of benzene rings is 1. The molecule has 0 unspecified atom stereocenters. The van der Waals surface area contributed by atoms with Crippen LogP contribution in [0.25, 0.3) is 0 Å². The fraction of sp³-hybridized carbons (Fsp3) is 0.333. The first kappa shape index (κ1) is 14.1.